The van der Waals surface area contributed by atoms with Crippen molar-refractivity contribution in [2.24, 2.45) is 0 Å². The van der Waals surface area contributed by atoms with Crippen molar-refractivity contribution in [2.75, 3.05) is 4.90 Å². The predicted octanol–water partition coefficient (Wildman–Crippen LogP) is 13.8. The molecule has 0 aromatic heterocycles. The SMILES string of the molecule is C1=CC2Oc3c(-c4ccc(N(c5ccc(-c6ccccc6)cc5)c5ccc6c(c5)C5(c7ccccc7-c7ccccc75)c5ccccc5-6)cc4)cccc3C2C=C1. The minimum Gasteiger partial charge on any atom is -0.484 e. The molecule has 0 bridgehead atoms. The highest BCUT2D eigenvalue weighted by molar-refractivity contribution is 5.96. The molecule has 0 N–H and O–H groups in total. The number of hydrogen-bond acceptors (Lipinski definition) is 2. The van der Waals surface area contributed by atoms with Crippen LogP contribution in [0.25, 0.3) is 44.5 Å². The number of para-hydroxylation sites is 1. The maximum atomic E-state index is 6.58. The maximum Gasteiger partial charge on any atom is 0.132 e. The molecule has 1 heterocycles. The average molecular weight is 728 g/mol. The third-order valence-electron chi connectivity index (χ3n) is 12.7. The van der Waals surface area contributed by atoms with Crippen molar-refractivity contribution in [3.8, 4) is 50.3 Å². The van der Waals surface area contributed by atoms with E-state index >= 15 is 0 Å². The molecule has 3 aliphatic carbocycles. The van der Waals surface area contributed by atoms with Crippen LogP contribution in [0.15, 0.2) is 212 Å². The molecule has 0 saturated carbocycles. The van der Waals surface area contributed by atoms with Crippen molar-refractivity contribution in [1.82, 2.24) is 0 Å². The lowest BCUT2D eigenvalue weighted by Gasteiger charge is -2.32. The van der Waals surface area contributed by atoms with Crippen molar-refractivity contribution < 1.29 is 4.74 Å². The first-order valence-corrected chi connectivity index (χ1v) is 19.9. The largest absolute Gasteiger partial charge is 0.484 e. The van der Waals surface area contributed by atoms with Gasteiger partial charge in [-0.15, -0.1) is 0 Å². The highest BCUT2D eigenvalue weighted by Gasteiger charge is 2.51. The number of allylic oxidation sites excluding steroid dienone is 2. The average Bonchev–Trinajstić information content (AvgIpc) is 3.92. The van der Waals surface area contributed by atoms with Gasteiger partial charge < -0.3 is 9.64 Å². The second kappa shape index (κ2) is 12.4. The summed E-state index contributed by atoms with van der Waals surface area (Å²) in [6.07, 6.45) is 8.69. The van der Waals surface area contributed by atoms with Crippen LogP contribution in [0.4, 0.5) is 17.1 Å². The van der Waals surface area contributed by atoms with Gasteiger partial charge in [0.15, 0.2) is 0 Å². The van der Waals surface area contributed by atoms with Crippen LogP contribution >= 0.6 is 0 Å². The van der Waals surface area contributed by atoms with Gasteiger partial charge in [-0.3, -0.25) is 0 Å². The highest BCUT2D eigenvalue weighted by atomic mass is 16.5. The molecule has 268 valence electrons. The van der Waals surface area contributed by atoms with E-state index in [0.29, 0.717) is 0 Å². The lowest BCUT2D eigenvalue weighted by molar-refractivity contribution is 0.270. The third-order valence-corrected chi connectivity index (χ3v) is 12.7. The molecule has 4 aliphatic rings. The van der Waals surface area contributed by atoms with Gasteiger partial charge in [0.1, 0.15) is 11.9 Å². The number of hydrogen-bond donors (Lipinski definition) is 0. The van der Waals surface area contributed by atoms with Gasteiger partial charge in [-0.05, 0) is 104 Å². The molecule has 1 spiro atoms. The Morgan fingerprint density at radius 1 is 0.386 bits per heavy atom. The van der Waals surface area contributed by atoms with E-state index in [1.54, 1.807) is 0 Å². The normalized spacial score (nSPS) is 16.9. The molecule has 2 heteroatoms. The summed E-state index contributed by atoms with van der Waals surface area (Å²) in [5.74, 6) is 1.25. The summed E-state index contributed by atoms with van der Waals surface area (Å²) in [6.45, 7) is 0. The second-order valence-electron chi connectivity index (χ2n) is 15.5. The molecule has 2 unspecified atom stereocenters. The lowest BCUT2D eigenvalue weighted by Crippen LogP contribution is -2.26. The van der Waals surface area contributed by atoms with Crippen LogP contribution in [0, 0.1) is 0 Å². The third kappa shape index (κ3) is 4.65. The first-order chi connectivity index (χ1) is 28.3. The van der Waals surface area contributed by atoms with Crippen LogP contribution in [0.5, 0.6) is 5.75 Å². The van der Waals surface area contributed by atoms with Gasteiger partial charge in [-0.2, -0.15) is 0 Å². The number of benzene rings is 8. The summed E-state index contributed by atoms with van der Waals surface area (Å²) < 4.78 is 6.58. The van der Waals surface area contributed by atoms with Gasteiger partial charge in [0.05, 0.1) is 5.41 Å². The molecule has 0 fully saturated rings. The molecule has 8 aromatic carbocycles. The molecule has 0 radical (unpaired) electrons. The Morgan fingerprint density at radius 3 is 1.54 bits per heavy atom. The van der Waals surface area contributed by atoms with Crippen molar-refractivity contribution in [2.45, 2.75) is 17.4 Å². The summed E-state index contributed by atoms with van der Waals surface area (Å²) in [7, 11) is 0. The first-order valence-electron chi connectivity index (χ1n) is 19.9. The zero-order valence-corrected chi connectivity index (χ0v) is 31.2. The second-order valence-corrected chi connectivity index (χ2v) is 15.5. The zero-order valence-electron chi connectivity index (χ0n) is 31.2. The minimum absolute atomic E-state index is 0.0489. The molecule has 0 amide bonds. The molecule has 0 saturated heterocycles. The summed E-state index contributed by atoms with van der Waals surface area (Å²) in [4.78, 5) is 2.42. The van der Waals surface area contributed by atoms with E-state index in [1.165, 1.54) is 61.2 Å². The van der Waals surface area contributed by atoms with Crippen LogP contribution in [0.3, 0.4) is 0 Å². The van der Waals surface area contributed by atoms with E-state index in [9.17, 15) is 0 Å². The first kappa shape index (κ1) is 32.1. The van der Waals surface area contributed by atoms with Crippen molar-refractivity contribution in [1.29, 1.82) is 0 Å². The predicted molar refractivity (Wildman–Crippen MR) is 234 cm³/mol. The fourth-order valence-corrected chi connectivity index (χ4v) is 10.2. The Labute approximate surface area is 333 Å². The van der Waals surface area contributed by atoms with Gasteiger partial charge in [-0.25, -0.2) is 0 Å². The zero-order chi connectivity index (χ0) is 37.5. The van der Waals surface area contributed by atoms with Gasteiger partial charge in [0.2, 0.25) is 0 Å². The van der Waals surface area contributed by atoms with E-state index < -0.39 is 5.41 Å². The number of fused-ring (bicyclic) bond motifs is 13. The molecule has 57 heavy (non-hydrogen) atoms. The Morgan fingerprint density at radius 2 is 0.895 bits per heavy atom. The molecular weight excluding hydrogens is 691 g/mol. The number of anilines is 3. The van der Waals surface area contributed by atoms with E-state index in [1.807, 2.05) is 0 Å². The van der Waals surface area contributed by atoms with Gasteiger partial charge in [-0.1, -0.05) is 170 Å². The van der Waals surface area contributed by atoms with E-state index in [4.69, 9.17) is 4.74 Å². The van der Waals surface area contributed by atoms with Crippen LogP contribution < -0.4 is 9.64 Å². The van der Waals surface area contributed by atoms with Gasteiger partial charge in [0, 0.05) is 34.1 Å². The van der Waals surface area contributed by atoms with Crippen LogP contribution in [-0.4, -0.2) is 6.10 Å². The number of rotatable bonds is 5. The van der Waals surface area contributed by atoms with E-state index in [2.05, 4.69) is 217 Å². The molecule has 2 nitrogen and oxygen atoms in total. The van der Waals surface area contributed by atoms with Gasteiger partial charge in [0.25, 0.3) is 0 Å². The molecule has 8 aromatic rings. The van der Waals surface area contributed by atoms with Crippen molar-refractivity contribution >= 4 is 17.1 Å². The van der Waals surface area contributed by atoms with Crippen LogP contribution in [0.2, 0.25) is 0 Å². The topological polar surface area (TPSA) is 12.5 Å². The van der Waals surface area contributed by atoms with Crippen molar-refractivity contribution in [3.63, 3.8) is 0 Å². The van der Waals surface area contributed by atoms with E-state index in [0.717, 1.165) is 33.9 Å². The highest BCUT2D eigenvalue weighted by Crippen LogP contribution is 2.63. The molecule has 1 aliphatic heterocycles. The standard InChI is InChI=1S/C55H37NO/c1-2-13-36(14-3-1)37-25-29-39(30-26-37)56(40-31-27-38(28-32-40)42-19-12-20-48-47-18-7-11-24-53(47)57-54(42)48)41-33-34-46-45-17-6-10-23-51(45)55(52(46)35-41)49-21-8-4-15-43(49)44-16-5-9-22-50(44)55/h1-35,47,53H. The van der Waals surface area contributed by atoms with E-state index in [-0.39, 0.29) is 12.0 Å². The van der Waals surface area contributed by atoms with Crippen LogP contribution in [0.1, 0.15) is 33.7 Å². The minimum atomic E-state index is -0.420. The summed E-state index contributed by atoms with van der Waals surface area (Å²) in [5, 5.41) is 0. The summed E-state index contributed by atoms with van der Waals surface area (Å²) in [5.41, 5.74) is 19.4. The van der Waals surface area contributed by atoms with Crippen molar-refractivity contribution in [3.05, 3.63) is 240 Å². The lowest BCUT2D eigenvalue weighted by atomic mass is 9.70. The molecule has 12 rings (SSSR count). The molecular formula is C55H37NO. The fourth-order valence-electron chi connectivity index (χ4n) is 10.2. The Balaban J connectivity index is 1.03. The molecule has 2 atom stereocenters. The van der Waals surface area contributed by atoms with Gasteiger partial charge >= 0.3 is 0 Å². The number of ether oxygens (including phenoxy) is 1. The summed E-state index contributed by atoms with van der Waals surface area (Å²) >= 11 is 0. The smallest absolute Gasteiger partial charge is 0.132 e. The Kier molecular flexibility index (Phi) is 7.00. The Bertz CT molecular complexity index is 2870. The quantitative estimate of drug-likeness (QED) is 0.175. The summed E-state index contributed by atoms with van der Waals surface area (Å²) in [6, 6.07) is 69.4. The Hall–Kier alpha value is -7.16. The number of nitrogens with zero attached hydrogens (tertiary/aromatic N) is 1. The fraction of sp³-hybridized carbons (Fsp3) is 0.0545. The monoisotopic (exact) mass is 727 g/mol. The maximum absolute atomic E-state index is 6.58. The van der Waals surface area contributed by atoms with Crippen LogP contribution in [-0.2, 0) is 5.41 Å².